The number of nitrogens with zero attached hydrogens (tertiary/aromatic N) is 4. The Morgan fingerprint density at radius 3 is 2.94 bits per heavy atom. The van der Waals surface area contributed by atoms with Gasteiger partial charge in [-0.3, -0.25) is 0 Å². The van der Waals surface area contributed by atoms with Crippen LogP contribution in [0.25, 0.3) is 10.8 Å². The lowest BCUT2D eigenvalue weighted by atomic mass is 10.1. The maximum atomic E-state index is 5.18. The molecule has 7 heteroatoms. The van der Waals surface area contributed by atoms with Gasteiger partial charge < -0.3 is 9.84 Å². The number of rotatable bonds is 4. The Bertz CT molecular complexity index is 464. The minimum absolute atomic E-state index is 0.299. The molecule has 0 saturated heterocycles. The molecule has 2 aromatic heterocycles. The fraction of sp³-hybridized carbons (Fsp3) is 0.556. The second-order valence-corrected chi connectivity index (χ2v) is 4.44. The molecule has 0 aliphatic carbocycles. The van der Waals surface area contributed by atoms with Crippen LogP contribution in [-0.4, -0.2) is 26.8 Å². The summed E-state index contributed by atoms with van der Waals surface area (Å²) in [5.41, 5.74) is 0.907. The Morgan fingerprint density at radius 1 is 1.44 bits per heavy atom. The molecule has 0 unspecified atom stereocenters. The molecule has 0 atom stereocenters. The fourth-order valence-electron chi connectivity index (χ4n) is 1.30. The van der Waals surface area contributed by atoms with Gasteiger partial charge in [0.05, 0.1) is 12.2 Å². The summed E-state index contributed by atoms with van der Waals surface area (Å²) >= 11 is 1.28. The van der Waals surface area contributed by atoms with E-state index in [4.69, 9.17) is 4.52 Å². The van der Waals surface area contributed by atoms with Gasteiger partial charge in [-0.05, 0) is 24.5 Å². The Kier molecular flexibility index (Phi) is 3.25. The normalized spacial score (nSPS) is 11.2. The Hall–Kier alpha value is -1.34. The summed E-state index contributed by atoms with van der Waals surface area (Å²) in [4.78, 5) is 5.14. The molecule has 6 nitrogen and oxygen atoms in total. The summed E-state index contributed by atoms with van der Waals surface area (Å²) in [5, 5.41) is 10.9. The maximum absolute atomic E-state index is 5.18. The zero-order valence-electron chi connectivity index (χ0n) is 9.39. The number of hydrogen-bond donors (Lipinski definition) is 1. The molecule has 0 amide bonds. The van der Waals surface area contributed by atoms with Crippen molar-refractivity contribution in [1.82, 2.24) is 25.0 Å². The Balaban J connectivity index is 2.31. The van der Waals surface area contributed by atoms with Crippen molar-refractivity contribution in [2.24, 2.45) is 0 Å². The van der Waals surface area contributed by atoms with E-state index < -0.39 is 0 Å². The Morgan fingerprint density at radius 2 is 2.25 bits per heavy atom. The molecule has 0 radical (unpaired) electrons. The van der Waals surface area contributed by atoms with E-state index in [0.717, 1.165) is 10.6 Å². The predicted molar refractivity (Wildman–Crippen MR) is 60.1 cm³/mol. The third kappa shape index (κ3) is 2.10. The van der Waals surface area contributed by atoms with Crippen molar-refractivity contribution >= 4 is 11.5 Å². The number of aromatic nitrogens is 4. The molecule has 0 aliphatic heterocycles. The molecule has 0 spiro atoms. The SMILES string of the molecule is CNCc1noc(-c2snnc2C(C)C)n1. The first-order valence-electron chi connectivity index (χ1n) is 5.02. The van der Waals surface area contributed by atoms with Crippen molar-refractivity contribution < 1.29 is 4.52 Å². The van der Waals surface area contributed by atoms with Crippen LogP contribution < -0.4 is 5.32 Å². The minimum atomic E-state index is 0.299. The van der Waals surface area contributed by atoms with Crippen LogP contribution in [0.5, 0.6) is 0 Å². The van der Waals surface area contributed by atoms with Gasteiger partial charge in [0.25, 0.3) is 5.89 Å². The van der Waals surface area contributed by atoms with Gasteiger partial charge >= 0.3 is 0 Å². The maximum Gasteiger partial charge on any atom is 0.271 e. The van der Waals surface area contributed by atoms with E-state index in [2.05, 4.69) is 38.9 Å². The largest absolute Gasteiger partial charge is 0.333 e. The van der Waals surface area contributed by atoms with Crippen molar-refractivity contribution in [2.75, 3.05) is 7.05 Å². The summed E-state index contributed by atoms with van der Waals surface area (Å²) in [5.74, 6) is 1.44. The van der Waals surface area contributed by atoms with Crippen molar-refractivity contribution in [3.63, 3.8) is 0 Å². The summed E-state index contributed by atoms with van der Waals surface area (Å²) in [6, 6.07) is 0. The molecule has 0 aromatic carbocycles. The van der Waals surface area contributed by atoms with Crippen LogP contribution >= 0.6 is 11.5 Å². The molecule has 1 N–H and O–H groups in total. The zero-order valence-corrected chi connectivity index (χ0v) is 10.2. The highest BCUT2D eigenvalue weighted by Crippen LogP contribution is 2.29. The zero-order chi connectivity index (χ0) is 11.5. The van der Waals surface area contributed by atoms with Gasteiger partial charge in [0, 0.05) is 0 Å². The van der Waals surface area contributed by atoms with Crippen LogP contribution in [0.2, 0.25) is 0 Å². The van der Waals surface area contributed by atoms with Crippen LogP contribution in [0, 0.1) is 0 Å². The summed E-state index contributed by atoms with van der Waals surface area (Å²) in [6.45, 7) is 4.71. The second kappa shape index (κ2) is 4.67. The van der Waals surface area contributed by atoms with Crippen LogP contribution in [0.1, 0.15) is 31.3 Å². The van der Waals surface area contributed by atoms with Gasteiger partial charge in [-0.15, -0.1) is 5.10 Å². The highest BCUT2D eigenvalue weighted by molar-refractivity contribution is 7.09. The van der Waals surface area contributed by atoms with E-state index in [1.54, 1.807) is 0 Å². The van der Waals surface area contributed by atoms with Crippen molar-refractivity contribution in [2.45, 2.75) is 26.3 Å². The molecule has 2 aromatic rings. The standard InChI is InChI=1S/C9H13N5OS/c1-5(2)7-8(16-14-12-7)9-11-6(4-10-3)13-15-9/h5,10H,4H2,1-3H3. The van der Waals surface area contributed by atoms with E-state index in [-0.39, 0.29) is 0 Å². The average Bonchev–Trinajstić information content (AvgIpc) is 2.83. The summed E-state index contributed by atoms with van der Waals surface area (Å²) in [6.07, 6.45) is 0. The van der Waals surface area contributed by atoms with Crippen LogP contribution in [0.15, 0.2) is 4.52 Å². The van der Waals surface area contributed by atoms with Crippen LogP contribution in [-0.2, 0) is 6.54 Å². The number of hydrogen-bond acceptors (Lipinski definition) is 7. The van der Waals surface area contributed by atoms with Gasteiger partial charge in [0.15, 0.2) is 5.82 Å². The van der Waals surface area contributed by atoms with Gasteiger partial charge in [0.1, 0.15) is 4.88 Å². The monoisotopic (exact) mass is 239 g/mol. The quantitative estimate of drug-likeness (QED) is 0.869. The molecule has 0 bridgehead atoms. The van der Waals surface area contributed by atoms with Crippen molar-refractivity contribution in [3.8, 4) is 10.8 Å². The predicted octanol–water partition coefficient (Wildman–Crippen LogP) is 1.43. The minimum Gasteiger partial charge on any atom is -0.333 e. The molecule has 0 aliphatic rings. The molecule has 2 heterocycles. The highest BCUT2D eigenvalue weighted by Gasteiger charge is 2.18. The first-order valence-corrected chi connectivity index (χ1v) is 5.79. The lowest BCUT2D eigenvalue weighted by molar-refractivity contribution is 0.421. The first-order chi connectivity index (χ1) is 7.72. The van der Waals surface area contributed by atoms with E-state index in [1.807, 2.05) is 7.05 Å². The van der Waals surface area contributed by atoms with Crippen LogP contribution in [0.4, 0.5) is 0 Å². The third-order valence-electron chi connectivity index (χ3n) is 2.06. The van der Waals surface area contributed by atoms with Crippen molar-refractivity contribution in [1.29, 1.82) is 0 Å². The lowest BCUT2D eigenvalue weighted by Crippen LogP contribution is -2.06. The smallest absolute Gasteiger partial charge is 0.271 e. The first kappa shape index (κ1) is 11.2. The third-order valence-corrected chi connectivity index (χ3v) is 2.79. The van der Waals surface area contributed by atoms with E-state index in [9.17, 15) is 0 Å². The molecular weight excluding hydrogens is 226 g/mol. The number of nitrogens with one attached hydrogen (secondary N) is 1. The molecule has 86 valence electrons. The lowest BCUT2D eigenvalue weighted by Gasteiger charge is -1.98. The molecule has 0 saturated carbocycles. The van der Waals surface area contributed by atoms with Gasteiger partial charge in [-0.25, -0.2) is 0 Å². The molecule has 16 heavy (non-hydrogen) atoms. The topological polar surface area (TPSA) is 76.7 Å². The van der Waals surface area contributed by atoms with E-state index >= 15 is 0 Å². The molecule has 2 rings (SSSR count). The Labute approximate surface area is 97.2 Å². The average molecular weight is 239 g/mol. The van der Waals surface area contributed by atoms with E-state index in [1.165, 1.54) is 11.5 Å². The molecular formula is C9H13N5OS. The highest BCUT2D eigenvalue weighted by atomic mass is 32.1. The second-order valence-electron chi connectivity index (χ2n) is 3.69. The van der Waals surface area contributed by atoms with Gasteiger partial charge in [-0.2, -0.15) is 4.98 Å². The fourth-order valence-corrected chi connectivity index (χ4v) is 2.04. The summed E-state index contributed by atoms with van der Waals surface area (Å²) in [7, 11) is 1.84. The van der Waals surface area contributed by atoms with Gasteiger partial charge in [-0.1, -0.05) is 23.5 Å². The summed E-state index contributed by atoms with van der Waals surface area (Å²) < 4.78 is 9.10. The van der Waals surface area contributed by atoms with E-state index in [0.29, 0.717) is 24.2 Å². The van der Waals surface area contributed by atoms with Crippen molar-refractivity contribution in [3.05, 3.63) is 11.5 Å². The molecule has 0 fully saturated rings. The van der Waals surface area contributed by atoms with Gasteiger partial charge in [0.2, 0.25) is 0 Å². The van der Waals surface area contributed by atoms with Crippen LogP contribution in [0.3, 0.4) is 0 Å².